The molecule has 3 heterocycles. The van der Waals surface area contributed by atoms with Crippen molar-refractivity contribution in [1.82, 2.24) is 15.0 Å². The van der Waals surface area contributed by atoms with Gasteiger partial charge in [-0.2, -0.15) is 0 Å². The highest BCUT2D eigenvalue weighted by Crippen LogP contribution is 2.30. The molecule has 0 radical (unpaired) electrons. The molecule has 2 aromatic heterocycles. The zero-order chi connectivity index (χ0) is 18.9. The summed E-state index contributed by atoms with van der Waals surface area (Å²) in [6.45, 7) is 6.95. The van der Waals surface area contributed by atoms with Crippen molar-refractivity contribution in [1.29, 1.82) is 0 Å². The summed E-state index contributed by atoms with van der Waals surface area (Å²) in [5, 5.41) is 13.2. The highest BCUT2D eigenvalue weighted by Gasteiger charge is 2.34. The molecule has 138 valence electrons. The van der Waals surface area contributed by atoms with Crippen LogP contribution in [0.3, 0.4) is 0 Å². The van der Waals surface area contributed by atoms with Gasteiger partial charge in [0.25, 0.3) is 5.91 Å². The summed E-state index contributed by atoms with van der Waals surface area (Å²) in [5.74, 6) is 1.49. The standard InChI is InChI=1S/C18H22ClN5O2/c1-11-20-15(23-17(25)13-5-4-6-14(19)22-13)9-16(21-11)24-8-7-12(10-24)18(2,3)26/h4-6,9,12,26H,7-8,10H2,1-3H3,(H,20,21,23,25)/t12-/m0/s1. The summed E-state index contributed by atoms with van der Waals surface area (Å²) in [5.41, 5.74) is -0.509. The summed E-state index contributed by atoms with van der Waals surface area (Å²) < 4.78 is 0. The Labute approximate surface area is 157 Å². The zero-order valence-corrected chi connectivity index (χ0v) is 15.8. The van der Waals surface area contributed by atoms with E-state index in [1.165, 1.54) is 0 Å². The molecule has 1 fully saturated rings. The van der Waals surface area contributed by atoms with Crippen LogP contribution in [0.1, 0.15) is 36.6 Å². The Morgan fingerprint density at radius 3 is 2.77 bits per heavy atom. The van der Waals surface area contributed by atoms with Crippen LogP contribution in [0.5, 0.6) is 0 Å². The highest BCUT2D eigenvalue weighted by atomic mass is 35.5. The summed E-state index contributed by atoms with van der Waals surface area (Å²) in [6, 6.07) is 6.60. The van der Waals surface area contributed by atoms with E-state index in [0.717, 1.165) is 18.8 Å². The van der Waals surface area contributed by atoms with Crippen molar-refractivity contribution < 1.29 is 9.90 Å². The average molecular weight is 376 g/mol. The number of aromatic nitrogens is 3. The van der Waals surface area contributed by atoms with Crippen LogP contribution in [-0.2, 0) is 0 Å². The Morgan fingerprint density at radius 2 is 2.12 bits per heavy atom. The van der Waals surface area contributed by atoms with Gasteiger partial charge in [-0.3, -0.25) is 4.79 Å². The first-order valence-corrected chi connectivity index (χ1v) is 8.87. The molecule has 1 atom stereocenters. The van der Waals surface area contributed by atoms with Crippen molar-refractivity contribution in [3.63, 3.8) is 0 Å². The molecule has 1 amide bonds. The largest absolute Gasteiger partial charge is 0.390 e. The number of pyridine rings is 1. The Kier molecular flexibility index (Phi) is 5.11. The lowest BCUT2D eigenvalue weighted by Crippen LogP contribution is -2.33. The number of carbonyl (C=O) groups is 1. The van der Waals surface area contributed by atoms with Gasteiger partial charge in [0.1, 0.15) is 28.3 Å². The zero-order valence-electron chi connectivity index (χ0n) is 15.0. The second-order valence-electron chi connectivity index (χ2n) is 7.04. The fraction of sp³-hybridized carbons (Fsp3) is 0.444. The summed E-state index contributed by atoms with van der Waals surface area (Å²) in [4.78, 5) is 27.2. The smallest absolute Gasteiger partial charge is 0.275 e. The van der Waals surface area contributed by atoms with E-state index < -0.39 is 5.60 Å². The first-order valence-electron chi connectivity index (χ1n) is 8.49. The van der Waals surface area contributed by atoms with Gasteiger partial charge in [0.15, 0.2) is 0 Å². The normalized spacial score (nSPS) is 17.4. The van der Waals surface area contributed by atoms with Crippen LogP contribution < -0.4 is 10.2 Å². The molecule has 7 nitrogen and oxygen atoms in total. The molecule has 0 saturated carbocycles. The van der Waals surface area contributed by atoms with Gasteiger partial charge in [-0.1, -0.05) is 17.7 Å². The van der Waals surface area contributed by atoms with Crippen molar-refractivity contribution in [2.45, 2.75) is 32.8 Å². The van der Waals surface area contributed by atoms with Gasteiger partial charge in [0.2, 0.25) is 0 Å². The van der Waals surface area contributed by atoms with Crippen LogP contribution in [0.15, 0.2) is 24.3 Å². The molecule has 0 unspecified atom stereocenters. The number of carbonyl (C=O) groups excluding carboxylic acids is 1. The molecule has 0 spiro atoms. The molecular formula is C18H22ClN5O2. The number of amides is 1. The minimum Gasteiger partial charge on any atom is -0.390 e. The quantitative estimate of drug-likeness (QED) is 0.798. The van der Waals surface area contributed by atoms with Gasteiger partial charge in [0, 0.05) is 25.1 Å². The topological polar surface area (TPSA) is 91.2 Å². The van der Waals surface area contributed by atoms with Crippen molar-refractivity contribution in [2.24, 2.45) is 5.92 Å². The van der Waals surface area contributed by atoms with Gasteiger partial charge in [0.05, 0.1) is 5.60 Å². The minimum absolute atomic E-state index is 0.173. The summed E-state index contributed by atoms with van der Waals surface area (Å²) in [6.07, 6.45) is 0.890. The molecule has 0 aromatic carbocycles. The Balaban J connectivity index is 1.77. The number of nitrogens with one attached hydrogen (secondary N) is 1. The van der Waals surface area contributed by atoms with Crippen LogP contribution >= 0.6 is 11.6 Å². The van der Waals surface area contributed by atoms with Crippen LogP contribution in [0.2, 0.25) is 5.15 Å². The first-order chi connectivity index (χ1) is 12.2. The maximum absolute atomic E-state index is 12.4. The van der Waals surface area contributed by atoms with Crippen LogP contribution in [0, 0.1) is 12.8 Å². The third kappa shape index (κ3) is 4.28. The number of anilines is 2. The molecular weight excluding hydrogens is 354 g/mol. The Bertz CT molecular complexity index is 821. The maximum Gasteiger partial charge on any atom is 0.275 e. The second-order valence-corrected chi connectivity index (χ2v) is 7.43. The van der Waals surface area contributed by atoms with Gasteiger partial charge in [-0.05, 0) is 39.3 Å². The fourth-order valence-corrected chi connectivity index (χ4v) is 3.20. The van der Waals surface area contributed by atoms with Crippen molar-refractivity contribution >= 4 is 29.1 Å². The van der Waals surface area contributed by atoms with E-state index >= 15 is 0 Å². The van der Waals surface area contributed by atoms with Crippen molar-refractivity contribution in [3.05, 3.63) is 40.9 Å². The maximum atomic E-state index is 12.4. The number of aryl methyl sites for hydroxylation is 1. The Hall–Kier alpha value is -2.25. The molecule has 8 heteroatoms. The summed E-state index contributed by atoms with van der Waals surface area (Å²) in [7, 11) is 0. The van der Waals surface area contributed by atoms with Gasteiger partial charge in [-0.25, -0.2) is 15.0 Å². The van der Waals surface area contributed by atoms with Crippen LogP contribution in [0.25, 0.3) is 0 Å². The number of hydrogen-bond acceptors (Lipinski definition) is 6. The number of aliphatic hydroxyl groups is 1. The molecule has 2 N–H and O–H groups in total. The molecule has 3 rings (SSSR count). The minimum atomic E-state index is -0.730. The van der Waals surface area contributed by atoms with Gasteiger partial charge in [-0.15, -0.1) is 0 Å². The fourth-order valence-electron chi connectivity index (χ4n) is 3.04. The van der Waals surface area contributed by atoms with E-state index in [-0.39, 0.29) is 22.7 Å². The third-order valence-electron chi connectivity index (χ3n) is 4.53. The molecule has 26 heavy (non-hydrogen) atoms. The van der Waals surface area contributed by atoms with Crippen molar-refractivity contribution in [2.75, 3.05) is 23.3 Å². The number of hydrogen-bond donors (Lipinski definition) is 2. The lowest BCUT2D eigenvalue weighted by atomic mass is 9.90. The average Bonchev–Trinajstić information content (AvgIpc) is 3.04. The number of halogens is 1. The first kappa shape index (κ1) is 18.5. The van der Waals surface area contributed by atoms with Crippen LogP contribution in [0.4, 0.5) is 11.6 Å². The molecule has 1 aliphatic heterocycles. The van der Waals surface area contributed by atoms with E-state index in [2.05, 4.69) is 25.2 Å². The number of rotatable bonds is 4. The van der Waals surface area contributed by atoms with E-state index in [0.29, 0.717) is 18.2 Å². The highest BCUT2D eigenvalue weighted by molar-refractivity contribution is 6.29. The lowest BCUT2D eigenvalue weighted by Gasteiger charge is -2.26. The van der Waals surface area contributed by atoms with Crippen molar-refractivity contribution in [3.8, 4) is 0 Å². The monoisotopic (exact) mass is 375 g/mol. The lowest BCUT2D eigenvalue weighted by molar-refractivity contribution is 0.0263. The number of nitrogens with zero attached hydrogens (tertiary/aromatic N) is 4. The summed E-state index contributed by atoms with van der Waals surface area (Å²) >= 11 is 5.84. The molecule has 2 aromatic rings. The Morgan fingerprint density at radius 1 is 1.35 bits per heavy atom. The SMILES string of the molecule is Cc1nc(NC(=O)c2cccc(Cl)n2)cc(N2CC[C@H](C(C)(C)O)C2)n1. The van der Waals surface area contributed by atoms with Gasteiger partial charge < -0.3 is 15.3 Å². The second kappa shape index (κ2) is 7.17. The molecule has 1 aliphatic rings. The predicted molar refractivity (Wildman–Crippen MR) is 101 cm³/mol. The molecule has 1 saturated heterocycles. The van der Waals surface area contributed by atoms with E-state index in [1.807, 2.05) is 13.8 Å². The molecule has 0 aliphatic carbocycles. The van der Waals surface area contributed by atoms with Crippen LogP contribution in [-0.4, -0.2) is 44.7 Å². The van der Waals surface area contributed by atoms with E-state index in [4.69, 9.17) is 11.6 Å². The molecule has 0 bridgehead atoms. The van der Waals surface area contributed by atoms with E-state index in [1.54, 1.807) is 31.2 Å². The van der Waals surface area contributed by atoms with Gasteiger partial charge >= 0.3 is 0 Å². The predicted octanol–water partition coefficient (Wildman–Crippen LogP) is 2.68. The third-order valence-corrected chi connectivity index (χ3v) is 4.74. The van der Waals surface area contributed by atoms with E-state index in [9.17, 15) is 9.90 Å².